The van der Waals surface area contributed by atoms with Crippen molar-refractivity contribution in [3.05, 3.63) is 53.7 Å². The van der Waals surface area contributed by atoms with Gasteiger partial charge >= 0.3 is 0 Å². The average Bonchev–Trinajstić information content (AvgIpc) is 3.25. The fraction of sp³-hybridized carbons (Fsp3) is 0.423. The average molecular weight is 481 g/mol. The van der Waals surface area contributed by atoms with Crippen LogP contribution in [0.2, 0.25) is 0 Å². The van der Waals surface area contributed by atoms with Crippen molar-refractivity contribution in [2.45, 2.75) is 44.7 Å². The molecule has 0 saturated carbocycles. The molecular formula is C26H32N4O3S. The molecule has 2 aromatic carbocycles. The quantitative estimate of drug-likeness (QED) is 0.496. The van der Waals surface area contributed by atoms with E-state index in [0.717, 1.165) is 24.0 Å². The summed E-state index contributed by atoms with van der Waals surface area (Å²) >= 11 is 0. The van der Waals surface area contributed by atoms with Crippen LogP contribution in [-0.2, 0) is 27.7 Å². The number of aromatic amines is 1. The highest BCUT2D eigenvalue weighted by atomic mass is 32.2. The summed E-state index contributed by atoms with van der Waals surface area (Å²) in [5, 5.41) is 8.38. The van der Waals surface area contributed by atoms with Gasteiger partial charge in [-0.2, -0.15) is 5.10 Å². The number of anilines is 1. The summed E-state index contributed by atoms with van der Waals surface area (Å²) in [5.41, 5.74) is 3.37. The molecule has 180 valence electrons. The van der Waals surface area contributed by atoms with Crippen LogP contribution >= 0.6 is 0 Å². The maximum Gasteiger partial charge on any atom is 0.264 e. The fourth-order valence-electron chi connectivity index (χ4n) is 4.21. The Labute approximate surface area is 202 Å². The van der Waals surface area contributed by atoms with Crippen LogP contribution in [0.25, 0.3) is 10.9 Å². The fourth-order valence-corrected chi connectivity index (χ4v) is 5.86. The maximum atomic E-state index is 13.7. The lowest BCUT2D eigenvalue weighted by Crippen LogP contribution is -2.44. The highest BCUT2D eigenvalue weighted by Gasteiger charge is 2.27. The van der Waals surface area contributed by atoms with Crippen molar-refractivity contribution in [1.29, 1.82) is 0 Å². The molecule has 4 rings (SSSR count). The number of hydrogen-bond donors (Lipinski definition) is 1. The molecule has 2 heterocycles. The molecule has 0 radical (unpaired) electrons. The van der Waals surface area contributed by atoms with Crippen LogP contribution in [0.1, 0.15) is 32.0 Å². The van der Waals surface area contributed by atoms with Crippen molar-refractivity contribution in [2.75, 3.05) is 30.6 Å². The molecule has 1 fully saturated rings. The van der Waals surface area contributed by atoms with E-state index in [-0.39, 0.29) is 16.9 Å². The molecule has 3 aromatic rings. The Morgan fingerprint density at radius 1 is 1.26 bits per heavy atom. The van der Waals surface area contributed by atoms with Crippen LogP contribution in [-0.4, -0.2) is 55.9 Å². The van der Waals surface area contributed by atoms with E-state index >= 15 is 0 Å². The van der Waals surface area contributed by atoms with E-state index in [0.29, 0.717) is 37.5 Å². The third-order valence-corrected chi connectivity index (χ3v) is 7.94. The second kappa shape index (κ2) is 10.2. The van der Waals surface area contributed by atoms with Crippen molar-refractivity contribution in [3.63, 3.8) is 0 Å². The smallest absolute Gasteiger partial charge is 0.264 e. The predicted octanol–water partition coefficient (Wildman–Crippen LogP) is 3.81. The van der Waals surface area contributed by atoms with E-state index in [9.17, 15) is 8.42 Å². The standard InChI is InChI=1S/C26H32N4O3S/c1-5-20-7-9-22(10-8-20)30(16-19(3)4)34(31,32)23-11-12-24-25(15-23)27-28-26(24)17-29-13-14-33-18-21(29)6-2/h2,7-12,15,19,21H,5,13-14,16-18H2,1,3-4H3,(H,27,28)/t21-/m0/s1. The van der Waals surface area contributed by atoms with E-state index in [1.165, 1.54) is 9.87 Å². The molecule has 0 aliphatic carbocycles. The number of aromatic nitrogens is 2. The van der Waals surface area contributed by atoms with Crippen LogP contribution in [0.15, 0.2) is 47.4 Å². The topological polar surface area (TPSA) is 78.5 Å². The van der Waals surface area contributed by atoms with Crippen molar-refractivity contribution >= 4 is 26.6 Å². The van der Waals surface area contributed by atoms with E-state index in [4.69, 9.17) is 11.2 Å². The lowest BCUT2D eigenvalue weighted by Gasteiger charge is -2.31. The molecule has 1 N–H and O–H groups in total. The van der Waals surface area contributed by atoms with Gasteiger partial charge in [0.15, 0.2) is 0 Å². The predicted molar refractivity (Wildman–Crippen MR) is 135 cm³/mol. The molecule has 0 spiro atoms. The Morgan fingerprint density at radius 2 is 2.03 bits per heavy atom. The Morgan fingerprint density at radius 3 is 2.71 bits per heavy atom. The summed E-state index contributed by atoms with van der Waals surface area (Å²) in [4.78, 5) is 2.40. The van der Waals surface area contributed by atoms with Gasteiger partial charge in [-0.1, -0.05) is 38.8 Å². The van der Waals surface area contributed by atoms with Crippen molar-refractivity contribution in [2.24, 2.45) is 5.92 Å². The number of aryl methyl sites for hydroxylation is 1. The van der Waals surface area contributed by atoms with Gasteiger partial charge in [-0.25, -0.2) is 8.42 Å². The van der Waals surface area contributed by atoms with Crippen LogP contribution in [0.3, 0.4) is 0 Å². The minimum absolute atomic E-state index is 0.0876. The number of hydrogen-bond acceptors (Lipinski definition) is 5. The summed E-state index contributed by atoms with van der Waals surface area (Å²) in [6.45, 7) is 8.99. The van der Waals surface area contributed by atoms with E-state index < -0.39 is 10.0 Å². The van der Waals surface area contributed by atoms with Crippen molar-refractivity contribution < 1.29 is 13.2 Å². The highest BCUT2D eigenvalue weighted by molar-refractivity contribution is 7.92. The summed E-state index contributed by atoms with van der Waals surface area (Å²) in [6.07, 6.45) is 6.57. The zero-order chi connectivity index (χ0) is 24.3. The number of sulfonamides is 1. The van der Waals surface area contributed by atoms with E-state index in [1.54, 1.807) is 12.1 Å². The van der Waals surface area contributed by atoms with Gasteiger partial charge in [0, 0.05) is 25.0 Å². The maximum absolute atomic E-state index is 13.7. The first-order valence-electron chi connectivity index (χ1n) is 11.7. The number of H-pyrrole nitrogens is 1. The SMILES string of the molecule is C#C[C@H]1COCCN1Cc1[nH]nc2cc(S(=O)(=O)N(CC(C)C)c3ccc(CC)cc3)ccc12. The van der Waals surface area contributed by atoms with Gasteiger partial charge in [0.1, 0.15) is 0 Å². The lowest BCUT2D eigenvalue weighted by atomic mass is 10.1. The minimum atomic E-state index is -3.76. The number of ether oxygens (including phenoxy) is 1. The number of nitrogens with one attached hydrogen (secondary N) is 1. The van der Waals surface area contributed by atoms with Crippen LogP contribution in [0, 0.1) is 18.3 Å². The van der Waals surface area contributed by atoms with Crippen molar-refractivity contribution in [3.8, 4) is 12.3 Å². The molecule has 0 amide bonds. The Balaban J connectivity index is 1.65. The summed E-state index contributed by atoms with van der Waals surface area (Å²) < 4.78 is 34.4. The Kier molecular flexibility index (Phi) is 7.27. The number of nitrogens with zero attached hydrogens (tertiary/aromatic N) is 3. The van der Waals surface area contributed by atoms with Gasteiger partial charge < -0.3 is 4.74 Å². The molecule has 0 unspecified atom stereocenters. The van der Waals surface area contributed by atoms with E-state index in [1.807, 2.05) is 44.2 Å². The summed E-state index contributed by atoms with van der Waals surface area (Å²) in [5.74, 6) is 2.94. The van der Waals surface area contributed by atoms with Gasteiger partial charge in [-0.15, -0.1) is 6.42 Å². The molecular weight excluding hydrogens is 448 g/mol. The Bertz CT molecular complexity index is 1280. The van der Waals surface area contributed by atoms with Crippen LogP contribution < -0.4 is 4.31 Å². The van der Waals surface area contributed by atoms with E-state index in [2.05, 4.69) is 27.9 Å². The molecule has 1 aliphatic rings. The molecule has 1 atom stereocenters. The molecule has 8 heteroatoms. The third-order valence-electron chi connectivity index (χ3n) is 6.15. The minimum Gasteiger partial charge on any atom is -0.377 e. The molecule has 1 saturated heterocycles. The first-order chi connectivity index (χ1) is 16.3. The van der Waals surface area contributed by atoms with Crippen LogP contribution in [0.5, 0.6) is 0 Å². The summed E-state index contributed by atoms with van der Waals surface area (Å²) in [7, 11) is -3.76. The number of morpholine rings is 1. The van der Waals surface area contributed by atoms with Gasteiger partial charge in [0.2, 0.25) is 0 Å². The second-order valence-corrected chi connectivity index (χ2v) is 10.9. The first-order valence-corrected chi connectivity index (χ1v) is 13.1. The van der Waals surface area contributed by atoms with Gasteiger partial charge in [-0.05, 0) is 48.2 Å². The molecule has 34 heavy (non-hydrogen) atoms. The first kappa shape index (κ1) is 24.3. The van der Waals surface area contributed by atoms with Gasteiger partial charge in [0.25, 0.3) is 10.0 Å². The third kappa shape index (κ3) is 4.97. The number of terminal acetylenes is 1. The zero-order valence-corrected chi connectivity index (χ0v) is 20.8. The van der Waals surface area contributed by atoms with Crippen molar-refractivity contribution in [1.82, 2.24) is 15.1 Å². The molecule has 1 aromatic heterocycles. The van der Waals surface area contributed by atoms with Gasteiger partial charge in [-0.3, -0.25) is 14.3 Å². The lowest BCUT2D eigenvalue weighted by molar-refractivity contribution is 0.00926. The normalized spacial score (nSPS) is 17.2. The van der Waals surface area contributed by atoms with Crippen LogP contribution in [0.4, 0.5) is 5.69 Å². The van der Waals surface area contributed by atoms with Gasteiger partial charge in [0.05, 0.1) is 41.0 Å². The second-order valence-electron chi connectivity index (χ2n) is 9.06. The Hall–Kier alpha value is -2.86. The zero-order valence-electron chi connectivity index (χ0n) is 20.0. The number of benzene rings is 2. The summed E-state index contributed by atoms with van der Waals surface area (Å²) in [6, 6.07) is 12.8. The number of rotatable bonds is 8. The highest BCUT2D eigenvalue weighted by Crippen LogP contribution is 2.28. The molecule has 0 bridgehead atoms. The monoisotopic (exact) mass is 480 g/mol. The largest absolute Gasteiger partial charge is 0.377 e. The number of fused-ring (bicyclic) bond motifs is 1. The molecule has 7 nitrogen and oxygen atoms in total. The molecule has 1 aliphatic heterocycles.